The van der Waals surface area contributed by atoms with Crippen LogP contribution in [0.15, 0.2) is 16.7 Å². The van der Waals surface area contributed by atoms with Crippen LogP contribution in [-0.4, -0.2) is 30.2 Å². The molecule has 1 aliphatic rings. The van der Waals surface area contributed by atoms with Crippen LogP contribution in [0.3, 0.4) is 0 Å². The SMILES string of the molecule is Cc1cnc(N2CCCC2CNC(C)C)c(Br)c1. The minimum Gasteiger partial charge on any atom is -0.351 e. The van der Waals surface area contributed by atoms with E-state index in [9.17, 15) is 0 Å². The molecule has 1 aliphatic heterocycles. The Bertz CT molecular complexity index is 406. The average molecular weight is 312 g/mol. The first-order valence-corrected chi connectivity index (χ1v) is 7.49. The lowest BCUT2D eigenvalue weighted by atomic mass is 10.2. The van der Waals surface area contributed by atoms with Crippen molar-refractivity contribution in [3.05, 3.63) is 22.3 Å². The third-order valence-corrected chi connectivity index (χ3v) is 3.95. The summed E-state index contributed by atoms with van der Waals surface area (Å²) >= 11 is 3.64. The van der Waals surface area contributed by atoms with Crippen LogP contribution >= 0.6 is 15.9 Å². The molecular formula is C14H22BrN3. The summed E-state index contributed by atoms with van der Waals surface area (Å²) in [7, 11) is 0. The smallest absolute Gasteiger partial charge is 0.143 e. The second-order valence-corrected chi connectivity index (χ2v) is 6.22. The molecule has 0 aromatic carbocycles. The van der Waals surface area contributed by atoms with E-state index in [4.69, 9.17) is 0 Å². The Kier molecular flexibility index (Phi) is 4.62. The van der Waals surface area contributed by atoms with Gasteiger partial charge in [-0.25, -0.2) is 4.98 Å². The van der Waals surface area contributed by atoms with E-state index >= 15 is 0 Å². The van der Waals surface area contributed by atoms with Crippen molar-refractivity contribution >= 4 is 21.7 Å². The van der Waals surface area contributed by atoms with E-state index in [1.54, 1.807) is 0 Å². The highest BCUT2D eigenvalue weighted by Crippen LogP contribution is 2.30. The lowest BCUT2D eigenvalue weighted by Crippen LogP contribution is -2.40. The Labute approximate surface area is 118 Å². The van der Waals surface area contributed by atoms with E-state index in [1.165, 1.54) is 18.4 Å². The van der Waals surface area contributed by atoms with E-state index < -0.39 is 0 Å². The lowest BCUT2D eigenvalue weighted by molar-refractivity contribution is 0.522. The second kappa shape index (κ2) is 6.02. The monoisotopic (exact) mass is 311 g/mol. The summed E-state index contributed by atoms with van der Waals surface area (Å²) in [6.07, 6.45) is 4.46. The van der Waals surface area contributed by atoms with E-state index in [1.807, 2.05) is 6.20 Å². The maximum atomic E-state index is 4.59. The van der Waals surface area contributed by atoms with Crippen molar-refractivity contribution < 1.29 is 0 Å². The van der Waals surface area contributed by atoms with E-state index in [2.05, 4.69) is 58.0 Å². The van der Waals surface area contributed by atoms with Crippen LogP contribution in [0.2, 0.25) is 0 Å². The van der Waals surface area contributed by atoms with Gasteiger partial charge in [0.05, 0.1) is 4.47 Å². The number of halogens is 1. The molecule has 1 atom stereocenters. The molecule has 1 N–H and O–H groups in total. The molecule has 4 heteroatoms. The molecule has 0 radical (unpaired) electrons. The molecule has 100 valence electrons. The molecule has 1 aromatic rings. The average Bonchev–Trinajstić information content (AvgIpc) is 2.74. The molecular weight excluding hydrogens is 290 g/mol. The number of hydrogen-bond acceptors (Lipinski definition) is 3. The fourth-order valence-electron chi connectivity index (χ4n) is 2.44. The van der Waals surface area contributed by atoms with Crippen molar-refractivity contribution in [1.29, 1.82) is 0 Å². The summed E-state index contributed by atoms with van der Waals surface area (Å²) < 4.78 is 1.11. The zero-order chi connectivity index (χ0) is 13.1. The molecule has 1 unspecified atom stereocenters. The van der Waals surface area contributed by atoms with Crippen LogP contribution in [0.5, 0.6) is 0 Å². The van der Waals surface area contributed by atoms with Gasteiger partial charge in [-0.2, -0.15) is 0 Å². The van der Waals surface area contributed by atoms with Crippen molar-refractivity contribution in [2.24, 2.45) is 0 Å². The molecule has 0 amide bonds. The van der Waals surface area contributed by atoms with Crippen LogP contribution < -0.4 is 10.2 Å². The van der Waals surface area contributed by atoms with Crippen LogP contribution in [0, 0.1) is 6.92 Å². The van der Waals surface area contributed by atoms with Crippen molar-refractivity contribution in [3.8, 4) is 0 Å². The van der Waals surface area contributed by atoms with Crippen LogP contribution in [0.4, 0.5) is 5.82 Å². The molecule has 0 spiro atoms. The fourth-order valence-corrected chi connectivity index (χ4v) is 3.13. The van der Waals surface area contributed by atoms with Gasteiger partial charge in [-0.1, -0.05) is 13.8 Å². The number of pyridine rings is 1. The summed E-state index contributed by atoms with van der Waals surface area (Å²) in [5, 5.41) is 3.53. The number of anilines is 1. The molecule has 0 aliphatic carbocycles. The zero-order valence-corrected chi connectivity index (χ0v) is 13.0. The Morgan fingerprint density at radius 1 is 1.56 bits per heavy atom. The minimum atomic E-state index is 0.543. The summed E-state index contributed by atoms with van der Waals surface area (Å²) in [5.74, 6) is 1.09. The van der Waals surface area contributed by atoms with Crippen molar-refractivity contribution in [2.75, 3.05) is 18.0 Å². The molecule has 2 rings (SSSR count). The summed E-state index contributed by atoms with van der Waals surface area (Å²) in [6.45, 7) is 8.61. The maximum Gasteiger partial charge on any atom is 0.143 e. The Morgan fingerprint density at radius 2 is 2.33 bits per heavy atom. The van der Waals surface area contributed by atoms with Crippen LogP contribution in [0.25, 0.3) is 0 Å². The van der Waals surface area contributed by atoms with Gasteiger partial charge in [0.1, 0.15) is 5.82 Å². The first kappa shape index (κ1) is 13.8. The van der Waals surface area contributed by atoms with Gasteiger partial charge in [0, 0.05) is 31.4 Å². The summed E-state index contributed by atoms with van der Waals surface area (Å²) in [5.41, 5.74) is 1.20. The fraction of sp³-hybridized carbons (Fsp3) is 0.643. The zero-order valence-electron chi connectivity index (χ0n) is 11.4. The van der Waals surface area contributed by atoms with Gasteiger partial charge in [0.2, 0.25) is 0 Å². The normalized spacial score (nSPS) is 19.8. The molecule has 1 fully saturated rings. The Balaban J connectivity index is 2.10. The molecule has 0 bridgehead atoms. The van der Waals surface area contributed by atoms with E-state index in [0.29, 0.717) is 12.1 Å². The van der Waals surface area contributed by atoms with Gasteiger partial charge < -0.3 is 10.2 Å². The molecule has 1 aromatic heterocycles. The van der Waals surface area contributed by atoms with Gasteiger partial charge in [-0.3, -0.25) is 0 Å². The topological polar surface area (TPSA) is 28.2 Å². The third-order valence-electron chi connectivity index (χ3n) is 3.37. The molecule has 3 nitrogen and oxygen atoms in total. The number of aromatic nitrogens is 1. The highest BCUT2D eigenvalue weighted by Gasteiger charge is 2.26. The first-order valence-electron chi connectivity index (χ1n) is 6.70. The number of aryl methyl sites for hydroxylation is 1. The first-order chi connectivity index (χ1) is 8.58. The number of nitrogens with zero attached hydrogens (tertiary/aromatic N) is 2. The predicted octanol–water partition coefficient (Wildman–Crippen LogP) is 3.12. The summed E-state index contributed by atoms with van der Waals surface area (Å²) in [4.78, 5) is 7.02. The Hall–Kier alpha value is -0.610. The highest BCUT2D eigenvalue weighted by molar-refractivity contribution is 9.10. The minimum absolute atomic E-state index is 0.543. The maximum absolute atomic E-state index is 4.59. The van der Waals surface area contributed by atoms with Crippen molar-refractivity contribution in [3.63, 3.8) is 0 Å². The van der Waals surface area contributed by atoms with Gasteiger partial charge in [0.25, 0.3) is 0 Å². The van der Waals surface area contributed by atoms with Gasteiger partial charge in [0.15, 0.2) is 0 Å². The van der Waals surface area contributed by atoms with Crippen molar-refractivity contribution in [2.45, 2.75) is 45.7 Å². The number of hydrogen-bond donors (Lipinski definition) is 1. The van der Waals surface area contributed by atoms with Crippen LogP contribution in [0.1, 0.15) is 32.3 Å². The largest absolute Gasteiger partial charge is 0.351 e. The van der Waals surface area contributed by atoms with Gasteiger partial charge >= 0.3 is 0 Å². The second-order valence-electron chi connectivity index (χ2n) is 5.37. The van der Waals surface area contributed by atoms with Crippen LogP contribution in [-0.2, 0) is 0 Å². The standard InChI is InChI=1S/C14H22BrN3/c1-10(2)16-9-12-5-4-6-18(12)14-13(15)7-11(3)8-17-14/h7-8,10,12,16H,4-6,9H2,1-3H3. The van der Waals surface area contributed by atoms with E-state index in [-0.39, 0.29) is 0 Å². The predicted molar refractivity (Wildman–Crippen MR) is 80.2 cm³/mol. The third kappa shape index (κ3) is 3.23. The molecule has 18 heavy (non-hydrogen) atoms. The molecule has 2 heterocycles. The van der Waals surface area contributed by atoms with Gasteiger partial charge in [-0.15, -0.1) is 0 Å². The number of nitrogens with one attached hydrogen (secondary N) is 1. The highest BCUT2D eigenvalue weighted by atomic mass is 79.9. The summed E-state index contributed by atoms with van der Waals surface area (Å²) in [6, 6.07) is 3.26. The van der Waals surface area contributed by atoms with Crippen molar-refractivity contribution in [1.82, 2.24) is 10.3 Å². The molecule has 0 saturated carbocycles. The molecule has 1 saturated heterocycles. The number of rotatable bonds is 4. The lowest BCUT2D eigenvalue weighted by Gasteiger charge is -2.27. The van der Waals surface area contributed by atoms with E-state index in [0.717, 1.165) is 23.4 Å². The quantitative estimate of drug-likeness (QED) is 0.926. The van der Waals surface area contributed by atoms with Gasteiger partial charge in [-0.05, 0) is 47.3 Å². The Morgan fingerprint density at radius 3 is 3.00 bits per heavy atom.